The maximum Gasteiger partial charge on any atom is 0.164 e. The summed E-state index contributed by atoms with van der Waals surface area (Å²) < 4.78 is 2.13. The van der Waals surface area contributed by atoms with Crippen LogP contribution in [0.3, 0.4) is 0 Å². The summed E-state index contributed by atoms with van der Waals surface area (Å²) >= 11 is 5.94. The molecule has 3 rings (SSSR count). The van der Waals surface area contributed by atoms with E-state index in [1.165, 1.54) is 5.56 Å². The van der Waals surface area contributed by atoms with Crippen molar-refractivity contribution in [3.05, 3.63) is 53.5 Å². The molecule has 0 spiro atoms. The fourth-order valence-corrected chi connectivity index (χ4v) is 2.71. The minimum Gasteiger partial charge on any atom is -0.281 e. The van der Waals surface area contributed by atoms with Crippen LogP contribution in [0.25, 0.3) is 16.9 Å². The largest absolute Gasteiger partial charge is 0.281 e. The van der Waals surface area contributed by atoms with E-state index in [9.17, 15) is 0 Å². The van der Waals surface area contributed by atoms with Gasteiger partial charge in [0.1, 0.15) is 11.3 Å². The number of aromatic nitrogens is 3. The Labute approximate surface area is 129 Å². The summed E-state index contributed by atoms with van der Waals surface area (Å²) in [7, 11) is 0. The van der Waals surface area contributed by atoms with Crippen LogP contribution in [0.1, 0.15) is 24.0 Å². The highest BCUT2D eigenvalue weighted by atomic mass is 35.5. The van der Waals surface area contributed by atoms with Gasteiger partial charge in [0, 0.05) is 23.7 Å². The van der Waals surface area contributed by atoms with Crippen LogP contribution in [-0.4, -0.2) is 20.4 Å². The van der Waals surface area contributed by atoms with Crippen LogP contribution < -0.4 is 0 Å². The predicted molar refractivity (Wildman–Crippen MR) is 87.4 cm³/mol. The molecule has 108 valence electrons. The Kier molecular flexibility index (Phi) is 3.93. The average Bonchev–Trinajstić information content (AvgIpc) is 2.85. The molecule has 21 heavy (non-hydrogen) atoms. The Morgan fingerprint density at radius 1 is 1.14 bits per heavy atom. The smallest absolute Gasteiger partial charge is 0.164 e. The van der Waals surface area contributed by atoms with Gasteiger partial charge in [-0.15, -0.1) is 11.6 Å². The van der Waals surface area contributed by atoms with E-state index in [-0.39, 0.29) is 0 Å². The van der Waals surface area contributed by atoms with Crippen molar-refractivity contribution in [3.63, 3.8) is 0 Å². The van der Waals surface area contributed by atoms with Crippen molar-refractivity contribution in [2.45, 2.75) is 26.7 Å². The molecular weight excluding hydrogens is 282 g/mol. The molecule has 0 aliphatic heterocycles. The molecule has 0 amide bonds. The lowest BCUT2D eigenvalue weighted by Crippen LogP contribution is -2.03. The molecule has 0 saturated heterocycles. The Hall–Kier alpha value is -1.87. The van der Waals surface area contributed by atoms with Crippen LogP contribution >= 0.6 is 11.6 Å². The van der Waals surface area contributed by atoms with Gasteiger partial charge in [0.25, 0.3) is 0 Å². The Morgan fingerprint density at radius 2 is 2.00 bits per heavy atom. The Bertz CT molecular complexity index is 777. The molecule has 3 nitrogen and oxygen atoms in total. The zero-order valence-electron chi connectivity index (χ0n) is 12.3. The van der Waals surface area contributed by atoms with Crippen LogP contribution in [0, 0.1) is 6.92 Å². The van der Waals surface area contributed by atoms with Gasteiger partial charge in [0.15, 0.2) is 5.65 Å². The lowest BCUT2D eigenvalue weighted by molar-refractivity contribution is 0.901. The molecule has 0 N–H and O–H groups in total. The number of aryl methyl sites for hydroxylation is 3. The molecule has 0 unspecified atom stereocenters. The molecule has 2 heterocycles. The first-order valence-electron chi connectivity index (χ1n) is 7.23. The normalized spacial score (nSPS) is 11.2. The number of fused-ring (bicyclic) bond motifs is 1. The minimum atomic E-state index is 0.551. The van der Waals surface area contributed by atoms with Gasteiger partial charge in [-0.2, -0.15) is 0 Å². The summed E-state index contributed by atoms with van der Waals surface area (Å²) in [4.78, 5) is 9.36. The van der Waals surface area contributed by atoms with Gasteiger partial charge in [-0.05, 0) is 43.2 Å². The van der Waals surface area contributed by atoms with E-state index in [1.807, 2.05) is 19.1 Å². The SMILES string of the molecule is CCc1cccc(-n2c(CCCl)nc3ccc(C)nc32)c1. The van der Waals surface area contributed by atoms with Crippen molar-refractivity contribution < 1.29 is 0 Å². The summed E-state index contributed by atoms with van der Waals surface area (Å²) in [5, 5.41) is 0. The second-order valence-electron chi connectivity index (χ2n) is 5.12. The Morgan fingerprint density at radius 3 is 2.76 bits per heavy atom. The van der Waals surface area contributed by atoms with E-state index >= 15 is 0 Å². The van der Waals surface area contributed by atoms with Crippen molar-refractivity contribution >= 4 is 22.8 Å². The summed E-state index contributed by atoms with van der Waals surface area (Å²) in [6.45, 7) is 4.16. The highest BCUT2D eigenvalue weighted by Crippen LogP contribution is 2.22. The van der Waals surface area contributed by atoms with Gasteiger partial charge in [0.2, 0.25) is 0 Å². The lowest BCUT2D eigenvalue weighted by atomic mass is 10.1. The van der Waals surface area contributed by atoms with E-state index in [2.05, 4.69) is 40.7 Å². The van der Waals surface area contributed by atoms with Crippen LogP contribution in [0.15, 0.2) is 36.4 Å². The fourth-order valence-electron chi connectivity index (χ4n) is 2.54. The number of rotatable bonds is 4. The van der Waals surface area contributed by atoms with E-state index < -0.39 is 0 Å². The van der Waals surface area contributed by atoms with Crippen molar-refractivity contribution in [2.75, 3.05) is 5.88 Å². The van der Waals surface area contributed by atoms with E-state index in [0.29, 0.717) is 5.88 Å². The van der Waals surface area contributed by atoms with Gasteiger partial charge in [-0.3, -0.25) is 4.57 Å². The van der Waals surface area contributed by atoms with Gasteiger partial charge in [0.05, 0.1) is 0 Å². The molecule has 0 saturated carbocycles. The lowest BCUT2D eigenvalue weighted by Gasteiger charge is -2.09. The first-order chi connectivity index (χ1) is 10.2. The summed E-state index contributed by atoms with van der Waals surface area (Å²) in [6.07, 6.45) is 1.74. The molecular formula is C17H18ClN3. The van der Waals surface area contributed by atoms with E-state index in [4.69, 9.17) is 16.6 Å². The van der Waals surface area contributed by atoms with Crippen molar-refractivity contribution in [1.29, 1.82) is 0 Å². The van der Waals surface area contributed by atoms with Gasteiger partial charge in [-0.25, -0.2) is 9.97 Å². The average molecular weight is 300 g/mol. The van der Waals surface area contributed by atoms with E-state index in [0.717, 1.165) is 41.2 Å². The molecule has 1 aromatic carbocycles. The second kappa shape index (κ2) is 5.86. The maximum absolute atomic E-state index is 5.94. The number of hydrogen-bond acceptors (Lipinski definition) is 2. The van der Waals surface area contributed by atoms with E-state index in [1.54, 1.807) is 0 Å². The zero-order valence-corrected chi connectivity index (χ0v) is 13.1. The van der Waals surface area contributed by atoms with Crippen molar-refractivity contribution in [2.24, 2.45) is 0 Å². The van der Waals surface area contributed by atoms with Gasteiger partial charge in [-0.1, -0.05) is 19.1 Å². The van der Waals surface area contributed by atoms with Gasteiger partial charge < -0.3 is 0 Å². The predicted octanol–water partition coefficient (Wildman–Crippen LogP) is 4.07. The molecule has 0 fully saturated rings. The third-order valence-electron chi connectivity index (χ3n) is 3.61. The highest BCUT2D eigenvalue weighted by Gasteiger charge is 2.13. The second-order valence-corrected chi connectivity index (χ2v) is 5.50. The third kappa shape index (κ3) is 2.66. The highest BCUT2D eigenvalue weighted by molar-refractivity contribution is 6.17. The number of nitrogens with zero attached hydrogens (tertiary/aromatic N) is 3. The molecule has 0 aliphatic carbocycles. The first-order valence-corrected chi connectivity index (χ1v) is 7.76. The zero-order chi connectivity index (χ0) is 14.8. The number of pyridine rings is 1. The van der Waals surface area contributed by atoms with Crippen molar-refractivity contribution in [1.82, 2.24) is 14.5 Å². The molecule has 0 atom stereocenters. The standard InChI is InChI=1S/C17H18ClN3/c1-3-13-5-4-6-14(11-13)21-16(9-10-18)20-15-8-7-12(2)19-17(15)21/h4-8,11H,3,9-10H2,1-2H3. The Balaban J connectivity index is 2.26. The van der Waals surface area contributed by atoms with Crippen molar-refractivity contribution in [3.8, 4) is 5.69 Å². The van der Waals surface area contributed by atoms with Crippen LogP contribution in [-0.2, 0) is 12.8 Å². The van der Waals surface area contributed by atoms with Gasteiger partial charge >= 0.3 is 0 Å². The maximum atomic E-state index is 5.94. The number of benzene rings is 1. The molecule has 0 bridgehead atoms. The minimum absolute atomic E-state index is 0.551. The molecule has 4 heteroatoms. The number of alkyl halides is 1. The van der Waals surface area contributed by atoms with Crippen LogP contribution in [0.4, 0.5) is 0 Å². The fraction of sp³-hybridized carbons (Fsp3) is 0.294. The summed E-state index contributed by atoms with van der Waals surface area (Å²) in [5.74, 6) is 1.52. The van der Waals surface area contributed by atoms with Crippen LogP contribution in [0.2, 0.25) is 0 Å². The third-order valence-corrected chi connectivity index (χ3v) is 3.80. The number of halogens is 1. The quantitative estimate of drug-likeness (QED) is 0.680. The number of imidazole rings is 1. The monoisotopic (exact) mass is 299 g/mol. The molecule has 0 aliphatic rings. The number of hydrogen-bond donors (Lipinski definition) is 0. The topological polar surface area (TPSA) is 30.7 Å². The molecule has 0 radical (unpaired) electrons. The summed E-state index contributed by atoms with van der Waals surface area (Å²) in [5.41, 5.74) is 5.23. The first kappa shape index (κ1) is 14.1. The molecule has 3 aromatic rings. The summed E-state index contributed by atoms with van der Waals surface area (Å²) in [6, 6.07) is 12.5. The van der Waals surface area contributed by atoms with Crippen LogP contribution in [0.5, 0.6) is 0 Å². The molecule has 2 aromatic heterocycles.